The lowest BCUT2D eigenvalue weighted by atomic mass is 10.0. The van der Waals surface area contributed by atoms with Crippen LogP contribution in [0.2, 0.25) is 0 Å². The van der Waals surface area contributed by atoms with Gasteiger partial charge in [-0.25, -0.2) is 0 Å². The monoisotopic (exact) mass is 328 g/mol. The highest BCUT2D eigenvalue weighted by Crippen LogP contribution is 2.18. The van der Waals surface area contributed by atoms with Gasteiger partial charge in [-0.05, 0) is 46.5 Å². The van der Waals surface area contributed by atoms with E-state index in [4.69, 9.17) is 4.84 Å². The molecular formula is C17H36N4O2. The van der Waals surface area contributed by atoms with Crippen LogP contribution in [0, 0.1) is 11.1 Å². The summed E-state index contributed by atoms with van der Waals surface area (Å²) in [6.45, 7) is 16.3. The van der Waals surface area contributed by atoms with Crippen LogP contribution >= 0.6 is 0 Å². The Kier molecular flexibility index (Phi) is 8.09. The SMILES string of the molecule is CCC(CC)CN1CCC(O/N=[N+](/[O-])N(CC)C(C)(C)C)CC1. The molecule has 1 saturated heterocycles. The fourth-order valence-electron chi connectivity index (χ4n) is 3.11. The zero-order valence-electron chi connectivity index (χ0n) is 15.9. The smallest absolute Gasteiger partial charge is 0.233 e. The maximum atomic E-state index is 12.1. The van der Waals surface area contributed by atoms with E-state index in [9.17, 15) is 5.21 Å². The highest BCUT2D eigenvalue weighted by Gasteiger charge is 2.28. The summed E-state index contributed by atoms with van der Waals surface area (Å²) in [7, 11) is 0. The van der Waals surface area contributed by atoms with Crippen LogP contribution in [0.25, 0.3) is 0 Å². The van der Waals surface area contributed by atoms with E-state index in [1.165, 1.54) is 19.4 Å². The van der Waals surface area contributed by atoms with Crippen molar-refractivity contribution in [3.8, 4) is 0 Å². The largest absolute Gasteiger partial charge is 0.569 e. The average Bonchev–Trinajstić information content (AvgIpc) is 2.51. The average molecular weight is 329 g/mol. The van der Waals surface area contributed by atoms with Crippen molar-refractivity contribution in [1.82, 2.24) is 9.91 Å². The molecule has 1 heterocycles. The molecule has 1 rings (SSSR count). The molecule has 0 atom stereocenters. The highest BCUT2D eigenvalue weighted by molar-refractivity contribution is 4.74. The van der Waals surface area contributed by atoms with Gasteiger partial charge in [-0.3, -0.25) is 0 Å². The first kappa shape index (κ1) is 20.0. The number of piperidine rings is 1. The van der Waals surface area contributed by atoms with Crippen molar-refractivity contribution < 1.29 is 9.81 Å². The molecule has 136 valence electrons. The number of rotatable bonds is 8. The summed E-state index contributed by atoms with van der Waals surface area (Å²) in [6, 6.07) is 0. The maximum absolute atomic E-state index is 12.1. The summed E-state index contributed by atoms with van der Waals surface area (Å²) in [5, 5.41) is 17.5. The molecule has 0 bridgehead atoms. The summed E-state index contributed by atoms with van der Waals surface area (Å²) in [5.41, 5.74) is -0.262. The van der Waals surface area contributed by atoms with Crippen LogP contribution in [0.15, 0.2) is 5.28 Å². The van der Waals surface area contributed by atoms with Crippen molar-refractivity contribution in [2.45, 2.75) is 78.9 Å². The third-order valence-electron chi connectivity index (χ3n) is 4.75. The van der Waals surface area contributed by atoms with Gasteiger partial charge in [0.2, 0.25) is 5.28 Å². The molecule has 0 aliphatic carbocycles. The van der Waals surface area contributed by atoms with Crippen LogP contribution in [-0.4, -0.2) is 52.7 Å². The second-order valence-electron chi connectivity index (χ2n) is 7.51. The standard InChI is InChI=1S/C17H36N4O2/c1-7-15(8-2)14-19-12-10-16(11-13-19)23-18-21(22)20(9-3)17(4,5)6/h15-16H,7-14H2,1-6H3/b21-18+. The maximum Gasteiger partial charge on any atom is 0.233 e. The van der Waals surface area contributed by atoms with Gasteiger partial charge in [0.25, 0.3) is 0 Å². The van der Waals surface area contributed by atoms with Crippen molar-refractivity contribution >= 4 is 0 Å². The van der Waals surface area contributed by atoms with Crippen LogP contribution in [0.1, 0.15) is 67.2 Å². The Morgan fingerprint density at radius 3 is 2.22 bits per heavy atom. The molecule has 1 fully saturated rings. The Labute approximate surface area is 142 Å². The molecule has 0 aromatic carbocycles. The lowest BCUT2D eigenvalue weighted by Gasteiger charge is -2.33. The van der Waals surface area contributed by atoms with Crippen LogP contribution < -0.4 is 0 Å². The second kappa shape index (κ2) is 9.30. The number of hydrazine groups is 1. The Morgan fingerprint density at radius 1 is 1.22 bits per heavy atom. The van der Waals surface area contributed by atoms with Crippen LogP contribution in [0.4, 0.5) is 0 Å². The molecule has 0 aromatic heterocycles. The highest BCUT2D eigenvalue weighted by atomic mass is 16.7. The quantitative estimate of drug-likeness (QED) is 0.386. The Bertz CT molecular complexity index is 356. The van der Waals surface area contributed by atoms with Crippen LogP contribution in [0.5, 0.6) is 0 Å². The van der Waals surface area contributed by atoms with Crippen molar-refractivity contribution in [3.63, 3.8) is 0 Å². The lowest BCUT2D eigenvalue weighted by Crippen LogP contribution is -2.45. The van der Waals surface area contributed by atoms with Gasteiger partial charge in [0.05, 0.1) is 17.1 Å². The minimum atomic E-state index is -0.262. The summed E-state index contributed by atoms with van der Waals surface area (Å²) < 4.78 is 0. The number of likely N-dealkylation sites (tertiary alicyclic amines) is 1. The first-order chi connectivity index (χ1) is 10.8. The topological polar surface area (TPSA) is 54.1 Å². The van der Waals surface area contributed by atoms with E-state index in [0.29, 0.717) is 11.5 Å². The third-order valence-corrected chi connectivity index (χ3v) is 4.75. The molecule has 23 heavy (non-hydrogen) atoms. The van der Waals surface area contributed by atoms with Gasteiger partial charge in [0.15, 0.2) is 0 Å². The Morgan fingerprint density at radius 2 is 1.78 bits per heavy atom. The van der Waals surface area contributed by atoms with E-state index in [2.05, 4.69) is 24.0 Å². The van der Waals surface area contributed by atoms with Crippen molar-refractivity contribution in [3.05, 3.63) is 5.21 Å². The molecule has 1 aliphatic heterocycles. The van der Waals surface area contributed by atoms with E-state index < -0.39 is 0 Å². The first-order valence-electron chi connectivity index (χ1n) is 9.15. The fraction of sp³-hybridized carbons (Fsp3) is 1.00. The fourth-order valence-corrected chi connectivity index (χ4v) is 3.11. The van der Waals surface area contributed by atoms with Crippen molar-refractivity contribution in [2.24, 2.45) is 11.2 Å². The molecule has 0 radical (unpaired) electrons. The summed E-state index contributed by atoms with van der Waals surface area (Å²) in [6.07, 6.45) is 4.43. The van der Waals surface area contributed by atoms with Gasteiger partial charge in [0.1, 0.15) is 6.10 Å². The molecular weight excluding hydrogens is 292 g/mol. The minimum absolute atomic E-state index is 0.0584. The second-order valence-corrected chi connectivity index (χ2v) is 7.51. The summed E-state index contributed by atoms with van der Waals surface area (Å²) >= 11 is 0. The van der Waals surface area contributed by atoms with E-state index in [-0.39, 0.29) is 11.6 Å². The summed E-state index contributed by atoms with van der Waals surface area (Å²) in [5.74, 6) is 0.791. The zero-order valence-corrected chi connectivity index (χ0v) is 15.9. The van der Waals surface area contributed by atoms with E-state index >= 15 is 0 Å². The normalized spacial score (nSPS) is 18.5. The molecule has 1 aliphatic rings. The van der Waals surface area contributed by atoms with Crippen LogP contribution in [-0.2, 0) is 4.84 Å². The number of hydrogen-bond acceptors (Lipinski definition) is 4. The molecule has 0 N–H and O–H groups in total. The summed E-state index contributed by atoms with van der Waals surface area (Å²) in [4.78, 5) is 8.62. The van der Waals surface area contributed by atoms with Gasteiger partial charge >= 0.3 is 0 Å². The van der Waals surface area contributed by atoms with Gasteiger partial charge in [-0.15, -0.1) is 5.01 Å². The van der Waals surface area contributed by atoms with Crippen molar-refractivity contribution in [1.29, 1.82) is 0 Å². The number of nitrogens with zero attached hydrogens (tertiary/aromatic N) is 4. The molecule has 0 saturated carbocycles. The van der Waals surface area contributed by atoms with Gasteiger partial charge in [0, 0.05) is 19.6 Å². The molecule has 0 spiro atoms. The minimum Gasteiger partial charge on any atom is -0.569 e. The van der Waals surface area contributed by atoms with Crippen molar-refractivity contribution in [2.75, 3.05) is 26.2 Å². The Balaban J connectivity index is 2.42. The lowest BCUT2D eigenvalue weighted by molar-refractivity contribution is -0.725. The molecule has 6 nitrogen and oxygen atoms in total. The molecule has 6 heteroatoms. The van der Waals surface area contributed by atoms with Crippen LogP contribution in [0.3, 0.4) is 0 Å². The predicted molar refractivity (Wildman–Crippen MR) is 92.8 cm³/mol. The first-order valence-corrected chi connectivity index (χ1v) is 9.15. The zero-order chi connectivity index (χ0) is 17.5. The van der Waals surface area contributed by atoms with E-state index in [1.54, 1.807) is 5.01 Å². The third kappa shape index (κ3) is 6.53. The van der Waals surface area contributed by atoms with Gasteiger partial charge in [-0.2, -0.15) is 0 Å². The molecule has 0 amide bonds. The van der Waals surface area contributed by atoms with E-state index in [0.717, 1.165) is 31.8 Å². The number of hydrogen-bond donors (Lipinski definition) is 0. The van der Waals surface area contributed by atoms with Gasteiger partial charge < -0.3 is 14.9 Å². The van der Waals surface area contributed by atoms with Gasteiger partial charge in [-0.1, -0.05) is 26.7 Å². The van der Waals surface area contributed by atoms with E-state index in [1.807, 2.05) is 27.7 Å². The predicted octanol–water partition coefficient (Wildman–Crippen LogP) is 3.82. The Hall–Kier alpha value is -1.04. The molecule has 0 unspecified atom stereocenters. The molecule has 0 aromatic rings.